The summed E-state index contributed by atoms with van der Waals surface area (Å²) >= 11 is 1.98. The molecule has 0 atom stereocenters. The number of hydrogen-bond acceptors (Lipinski definition) is 3. The molecule has 1 aromatic heterocycles. The fraction of sp³-hybridized carbons (Fsp3) is 0.750. The molecule has 0 aromatic carbocycles. The molecular weight excluding hydrogens is 252 g/mol. The topological polar surface area (TPSA) is 15.3 Å². The minimum absolute atomic E-state index is 0.390. The molecule has 19 heavy (non-hydrogen) atoms. The lowest BCUT2D eigenvalue weighted by molar-refractivity contribution is 0.166. The van der Waals surface area contributed by atoms with E-state index in [1.807, 2.05) is 11.3 Å². The van der Waals surface area contributed by atoms with Crippen molar-refractivity contribution in [2.75, 3.05) is 6.54 Å². The number of rotatable bonds is 5. The predicted molar refractivity (Wildman–Crippen MR) is 82.6 cm³/mol. The van der Waals surface area contributed by atoms with Crippen LogP contribution in [-0.2, 0) is 13.1 Å². The number of aryl methyl sites for hydroxylation is 1. The van der Waals surface area contributed by atoms with E-state index in [-0.39, 0.29) is 0 Å². The van der Waals surface area contributed by atoms with E-state index >= 15 is 0 Å². The van der Waals surface area contributed by atoms with Crippen molar-refractivity contribution in [1.82, 2.24) is 10.2 Å². The first-order valence-electron chi connectivity index (χ1n) is 7.61. The molecule has 2 aliphatic rings. The van der Waals surface area contributed by atoms with Crippen LogP contribution in [-0.4, -0.2) is 23.0 Å². The third-order valence-electron chi connectivity index (χ3n) is 4.65. The normalized spacial score (nSPS) is 23.1. The van der Waals surface area contributed by atoms with Gasteiger partial charge in [0, 0.05) is 34.4 Å². The van der Waals surface area contributed by atoms with Crippen LogP contribution < -0.4 is 5.32 Å². The third kappa shape index (κ3) is 3.21. The van der Waals surface area contributed by atoms with Crippen molar-refractivity contribution in [3.8, 4) is 0 Å². The van der Waals surface area contributed by atoms with E-state index in [0.29, 0.717) is 5.54 Å². The molecule has 0 radical (unpaired) electrons. The van der Waals surface area contributed by atoms with Gasteiger partial charge in [-0.05, 0) is 64.6 Å². The quantitative estimate of drug-likeness (QED) is 0.884. The molecule has 0 spiro atoms. The average Bonchev–Trinajstić information content (AvgIpc) is 3.03. The molecule has 2 fully saturated rings. The summed E-state index contributed by atoms with van der Waals surface area (Å²) in [5.74, 6) is 0. The van der Waals surface area contributed by atoms with Gasteiger partial charge in [-0.25, -0.2) is 0 Å². The zero-order valence-corrected chi connectivity index (χ0v) is 13.3. The van der Waals surface area contributed by atoms with Gasteiger partial charge in [-0.2, -0.15) is 0 Å². The lowest BCUT2D eigenvalue weighted by atomic mass is 10.0. The van der Waals surface area contributed by atoms with Crippen molar-refractivity contribution in [2.45, 2.75) is 71.1 Å². The van der Waals surface area contributed by atoms with E-state index in [9.17, 15) is 0 Å². The van der Waals surface area contributed by atoms with Crippen LogP contribution in [0, 0.1) is 6.92 Å². The van der Waals surface area contributed by atoms with Gasteiger partial charge >= 0.3 is 0 Å². The molecular formula is C16H26N2S. The first kappa shape index (κ1) is 13.6. The standard InChI is InChI=1S/C16H26N2S/c1-12-13(11-18-8-4-7-16(18,2)3)9-15(19-12)10-17-14-5-6-14/h9,14,17H,4-8,10-11H2,1-3H3. The molecule has 0 bridgehead atoms. The molecule has 0 amide bonds. The molecule has 3 rings (SSSR count). The van der Waals surface area contributed by atoms with Crippen LogP contribution in [0.15, 0.2) is 6.07 Å². The maximum Gasteiger partial charge on any atom is 0.0302 e. The summed E-state index contributed by atoms with van der Waals surface area (Å²) in [6, 6.07) is 3.24. The van der Waals surface area contributed by atoms with Crippen LogP contribution in [0.1, 0.15) is 54.8 Å². The summed E-state index contributed by atoms with van der Waals surface area (Å²) in [5, 5.41) is 3.62. The molecule has 1 aliphatic heterocycles. The Hall–Kier alpha value is -0.380. The smallest absolute Gasteiger partial charge is 0.0302 e. The Bertz CT molecular complexity index is 446. The highest BCUT2D eigenvalue weighted by Crippen LogP contribution is 2.32. The zero-order valence-electron chi connectivity index (χ0n) is 12.5. The van der Waals surface area contributed by atoms with E-state index in [0.717, 1.165) is 19.1 Å². The van der Waals surface area contributed by atoms with Gasteiger partial charge < -0.3 is 5.32 Å². The number of thiophene rings is 1. The number of nitrogens with zero attached hydrogens (tertiary/aromatic N) is 1. The van der Waals surface area contributed by atoms with Crippen molar-refractivity contribution >= 4 is 11.3 Å². The van der Waals surface area contributed by atoms with Crippen molar-refractivity contribution in [3.63, 3.8) is 0 Å². The minimum atomic E-state index is 0.390. The highest BCUT2D eigenvalue weighted by Gasteiger charge is 2.32. The van der Waals surface area contributed by atoms with Crippen molar-refractivity contribution in [3.05, 3.63) is 21.4 Å². The maximum atomic E-state index is 3.62. The van der Waals surface area contributed by atoms with Crippen LogP contribution in [0.2, 0.25) is 0 Å². The maximum absolute atomic E-state index is 3.62. The van der Waals surface area contributed by atoms with Gasteiger partial charge in [-0.3, -0.25) is 4.90 Å². The second-order valence-corrected chi connectivity index (χ2v) is 8.13. The highest BCUT2D eigenvalue weighted by molar-refractivity contribution is 7.12. The predicted octanol–water partition coefficient (Wildman–Crippen LogP) is 3.68. The molecule has 1 aromatic rings. The van der Waals surface area contributed by atoms with Gasteiger partial charge in [0.05, 0.1) is 0 Å². The number of hydrogen-bond donors (Lipinski definition) is 1. The van der Waals surface area contributed by atoms with Crippen molar-refractivity contribution in [2.24, 2.45) is 0 Å². The first-order chi connectivity index (χ1) is 9.04. The largest absolute Gasteiger partial charge is 0.309 e. The Labute approximate surface area is 121 Å². The third-order valence-corrected chi connectivity index (χ3v) is 5.74. The monoisotopic (exact) mass is 278 g/mol. The van der Waals surface area contributed by atoms with Crippen LogP contribution >= 0.6 is 11.3 Å². The summed E-state index contributed by atoms with van der Waals surface area (Å²) in [7, 11) is 0. The Morgan fingerprint density at radius 2 is 2.21 bits per heavy atom. The van der Waals surface area contributed by atoms with Crippen LogP contribution in [0.4, 0.5) is 0 Å². The van der Waals surface area contributed by atoms with Gasteiger partial charge in [0.25, 0.3) is 0 Å². The molecule has 1 aliphatic carbocycles. The number of likely N-dealkylation sites (tertiary alicyclic amines) is 1. The summed E-state index contributed by atoms with van der Waals surface area (Å²) in [4.78, 5) is 5.67. The Morgan fingerprint density at radius 3 is 2.84 bits per heavy atom. The van der Waals surface area contributed by atoms with Gasteiger partial charge in [0.15, 0.2) is 0 Å². The summed E-state index contributed by atoms with van der Waals surface area (Å²) in [6.07, 6.45) is 5.44. The second-order valence-electron chi connectivity index (χ2n) is 6.79. The average molecular weight is 278 g/mol. The summed E-state index contributed by atoms with van der Waals surface area (Å²) in [5.41, 5.74) is 1.94. The van der Waals surface area contributed by atoms with Crippen LogP contribution in [0.3, 0.4) is 0 Å². The van der Waals surface area contributed by atoms with Gasteiger partial charge in [-0.1, -0.05) is 0 Å². The molecule has 106 valence electrons. The molecule has 1 saturated heterocycles. The molecule has 3 heteroatoms. The molecule has 0 unspecified atom stereocenters. The molecule has 2 nitrogen and oxygen atoms in total. The fourth-order valence-electron chi connectivity index (χ4n) is 3.03. The summed E-state index contributed by atoms with van der Waals surface area (Å²) in [6.45, 7) is 10.5. The Balaban J connectivity index is 1.63. The molecule has 2 heterocycles. The van der Waals surface area contributed by atoms with Gasteiger partial charge in [0.1, 0.15) is 0 Å². The van der Waals surface area contributed by atoms with E-state index in [1.54, 1.807) is 5.56 Å². The van der Waals surface area contributed by atoms with Crippen LogP contribution in [0.5, 0.6) is 0 Å². The van der Waals surface area contributed by atoms with E-state index < -0.39 is 0 Å². The number of nitrogens with one attached hydrogen (secondary N) is 1. The van der Waals surface area contributed by atoms with Crippen molar-refractivity contribution < 1.29 is 0 Å². The lowest BCUT2D eigenvalue weighted by Gasteiger charge is -2.31. The fourth-order valence-corrected chi connectivity index (χ4v) is 4.03. The lowest BCUT2D eigenvalue weighted by Crippen LogP contribution is -2.37. The Kier molecular flexibility index (Phi) is 3.71. The highest BCUT2D eigenvalue weighted by atomic mass is 32.1. The van der Waals surface area contributed by atoms with E-state index in [2.05, 4.69) is 37.1 Å². The zero-order chi connectivity index (χ0) is 13.5. The molecule has 1 saturated carbocycles. The van der Waals surface area contributed by atoms with Gasteiger partial charge in [0.2, 0.25) is 0 Å². The first-order valence-corrected chi connectivity index (χ1v) is 8.43. The Morgan fingerprint density at radius 1 is 1.42 bits per heavy atom. The van der Waals surface area contributed by atoms with Gasteiger partial charge in [-0.15, -0.1) is 11.3 Å². The molecule has 1 N–H and O–H groups in total. The van der Waals surface area contributed by atoms with Crippen LogP contribution in [0.25, 0.3) is 0 Å². The summed E-state index contributed by atoms with van der Waals surface area (Å²) < 4.78 is 0. The van der Waals surface area contributed by atoms with E-state index in [4.69, 9.17) is 0 Å². The SMILES string of the molecule is Cc1sc(CNC2CC2)cc1CN1CCCC1(C)C. The van der Waals surface area contributed by atoms with Crippen molar-refractivity contribution in [1.29, 1.82) is 0 Å². The van der Waals surface area contributed by atoms with E-state index in [1.165, 1.54) is 42.0 Å². The second kappa shape index (κ2) is 5.19. The minimum Gasteiger partial charge on any atom is -0.309 e.